The lowest BCUT2D eigenvalue weighted by molar-refractivity contribution is -0.131. The minimum Gasteiger partial charge on any atom is -0.478 e. The maximum Gasteiger partial charge on any atom is 0.328 e. The lowest BCUT2D eigenvalue weighted by atomic mass is 10.3. The molecule has 1 aromatic heterocycles. The van der Waals surface area contributed by atoms with E-state index in [9.17, 15) is 13.2 Å². The SMILES string of the molecule is CC(C)N(C)S(=O)(=O)N(C)Cc1csc(C=CC(=O)O)c1. The summed E-state index contributed by atoms with van der Waals surface area (Å²) in [7, 11) is -0.421. The molecular weight excluding hydrogens is 312 g/mol. The fraction of sp³-hybridized carbons (Fsp3) is 0.462. The summed E-state index contributed by atoms with van der Waals surface area (Å²) < 4.78 is 27.1. The van der Waals surface area contributed by atoms with Gasteiger partial charge in [-0.15, -0.1) is 11.3 Å². The maximum absolute atomic E-state index is 12.3. The minimum absolute atomic E-state index is 0.117. The summed E-state index contributed by atoms with van der Waals surface area (Å²) in [5.41, 5.74) is 0.827. The molecule has 0 bridgehead atoms. The van der Waals surface area contributed by atoms with Gasteiger partial charge in [-0.1, -0.05) is 0 Å². The Hall–Kier alpha value is -1.22. The van der Waals surface area contributed by atoms with Gasteiger partial charge in [-0.05, 0) is 36.9 Å². The molecule has 21 heavy (non-hydrogen) atoms. The van der Waals surface area contributed by atoms with E-state index >= 15 is 0 Å². The van der Waals surface area contributed by atoms with Gasteiger partial charge >= 0.3 is 5.97 Å². The van der Waals surface area contributed by atoms with E-state index in [1.165, 1.54) is 33.1 Å². The number of carbonyl (C=O) groups is 1. The van der Waals surface area contributed by atoms with E-state index in [0.717, 1.165) is 16.5 Å². The number of rotatable bonds is 7. The van der Waals surface area contributed by atoms with Crippen molar-refractivity contribution < 1.29 is 18.3 Å². The Balaban J connectivity index is 2.80. The van der Waals surface area contributed by atoms with Crippen LogP contribution in [0.25, 0.3) is 6.08 Å². The van der Waals surface area contributed by atoms with Crippen LogP contribution in [-0.4, -0.2) is 48.2 Å². The molecule has 1 rings (SSSR count). The molecule has 0 radical (unpaired) electrons. The van der Waals surface area contributed by atoms with Crippen molar-refractivity contribution in [2.24, 2.45) is 0 Å². The second-order valence-corrected chi connectivity index (χ2v) is 7.94. The summed E-state index contributed by atoms with van der Waals surface area (Å²) >= 11 is 1.37. The Bertz CT molecular complexity index is 620. The highest BCUT2D eigenvalue weighted by atomic mass is 32.2. The second kappa shape index (κ2) is 7.17. The van der Waals surface area contributed by atoms with Crippen LogP contribution in [0.4, 0.5) is 0 Å². The maximum atomic E-state index is 12.3. The predicted molar refractivity (Wildman–Crippen MR) is 84.3 cm³/mol. The van der Waals surface area contributed by atoms with Gasteiger partial charge in [0, 0.05) is 37.6 Å². The number of hydrogen-bond donors (Lipinski definition) is 1. The third kappa shape index (κ3) is 4.92. The van der Waals surface area contributed by atoms with Gasteiger partial charge < -0.3 is 5.11 Å². The van der Waals surface area contributed by atoms with E-state index in [2.05, 4.69) is 0 Å². The van der Waals surface area contributed by atoms with Gasteiger partial charge in [0.15, 0.2) is 0 Å². The molecule has 1 heterocycles. The van der Waals surface area contributed by atoms with Gasteiger partial charge in [-0.3, -0.25) is 0 Å². The number of carboxylic acids is 1. The molecule has 8 heteroatoms. The van der Waals surface area contributed by atoms with Crippen LogP contribution >= 0.6 is 11.3 Å². The topological polar surface area (TPSA) is 77.9 Å². The smallest absolute Gasteiger partial charge is 0.328 e. The normalized spacial score (nSPS) is 12.9. The molecule has 0 aliphatic carbocycles. The average Bonchev–Trinajstić information content (AvgIpc) is 2.82. The van der Waals surface area contributed by atoms with E-state index in [1.54, 1.807) is 13.1 Å². The molecule has 0 saturated carbocycles. The average molecular weight is 332 g/mol. The molecule has 1 aromatic rings. The monoisotopic (exact) mass is 332 g/mol. The Morgan fingerprint density at radius 1 is 1.43 bits per heavy atom. The third-order valence-corrected chi connectivity index (χ3v) is 5.97. The molecular formula is C13H20N2O4S2. The fourth-order valence-corrected chi connectivity index (χ4v) is 3.62. The highest BCUT2D eigenvalue weighted by Gasteiger charge is 2.25. The van der Waals surface area contributed by atoms with Crippen LogP contribution in [0, 0.1) is 0 Å². The zero-order chi connectivity index (χ0) is 16.2. The molecule has 0 aliphatic heterocycles. The number of aliphatic carboxylic acids is 1. The molecule has 0 atom stereocenters. The molecule has 0 aromatic carbocycles. The second-order valence-electron chi connectivity index (χ2n) is 4.90. The molecule has 6 nitrogen and oxygen atoms in total. The van der Waals surface area contributed by atoms with Crippen LogP contribution in [0.5, 0.6) is 0 Å². The summed E-state index contributed by atoms with van der Waals surface area (Å²) in [5, 5.41) is 10.4. The molecule has 0 unspecified atom stereocenters. The van der Waals surface area contributed by atoms with E-state index in [0.29, 0.717) is 0 Å². The Labute approximate surface area is 129 Å². The van der Waals surface area contributed by atoms with Gasteiger partial charge in [0.25, 0.3) is 10.2 Å². The quantitative estimate of drug-likeness (QED) is 0.773. The summed E-state index contributed by atoms with van der Waals surface area (Å²) in [6, 6.07) is 1.67. The van der Waals surface area contributed by atoms with E-state index in [1.807, 2.05) is 19.2 Å². The molecule has 0 aliphatic rings. The molecule has 1 N–H and O–H groups in total. The predicted octanol–water partition coefficient (Wildman–Crippen LogP) is 1.86. The van der Waals surface area contributed by atoms with Crippen LogP contribution in [-0.2, 0) is 21.5 Å². The van der Waals surface area contributed by atoms with Crippen molar-refractivity contribution >= 4 is 33.6 Å². The van der Waals surface area contributed by atoms with Crippen molar-refractivity contribution in [1.29, 1.82) is 0 Å². The Kier molecular flexibility index (Phi) is 6.09. The van der Waals surface area contributed by atoms with E-state index in [4.69, 9.17) is 5.11 Å². The number of carboxylic acid groups (broad SMARTS) is 1. The lowest BCUT2D eigenvalue weighted by Crippen LogP contribution is -2.42. The first-order valence-electron chi connectivity index (χ1n) is 6.32. The van der Waals surface area contributed by atoms with Crippen molar-refractivity contribution in [3.8, 4) is 0 Å². The highest BCUT2D eigenvalue weighted by Crippen LogP contribution is 2.19. The zero-order valence-corrected chi connectivity index (χ0v) is 14.1. The first kappa shape index (κ1) is 17.8. The molecule has 0 amide bonds. The van der Waals surface area contributed by atoms with Gasteiger partial charge in [0.05, 0.1) is 0 Å². The van der Waals surface area contributed by atoms with Gasteiger partial charge in [-0.25, -0.2) is 4.79 Å². The van der Waals surface area contributed by atoms with Crippen molar-refractivity contribution in [1.82, 2.24) is 8.61 Å². The summed E-state index contributed by atoms with van der Waals surface area (Å²) in [5.74, 6) is -1.01. The molecule has 0 fully saturated rings. The van der Waals surface area contributed by atoms with E-state index < -0.39 is 16.2 Å². The largest absolute Gasteiger partial charge is 0.478 e. The number of thiophene rings is 1. The first-order chi connectivity index (χ1) is 9.64. The summed E-state index contributed by atoms with van der Waals surface area (Å²) in [4.78, 5) is 11.2. The van der Waals surface area contributed by atoms with Gasteiger partial charge in [-0.2, -0.15) is 17.0 Å². The van der Waals surface area contributed by atoms with Crippen molar-refractivity contribution in [3.63, 3.8) is 0 Å². The van der Waals surface area contributed by atoms with Gasteiger partial charge in [0.2, 0.25) is 0 Å². The summed E-state index contributed by atoms with van der Waals surface area (Å²) in [6.45, 7) is 3.87. The molecule has 118 valence electrons. The summed E-state index contributed by atoms with van der Waals surface area (Å²) in [6.07, 6.45) is 2.55. The van der Waals surface area contributed by atoms with Crippen molar-refractivity contribution in [2.75, 3.05) is 14.1 Å². The minimum atomic E-state index is -3.49. The third-order valence-electron chi connectivity index (χ3n) is 2.95. The molecule has 0 saturated heterocycles. The lowest BCUT2D eigenvalue weighted by Gasteiger charge is -2.26. The van der Waals surface area contributed by atoms with Gasteiger partial charge in [0.1, 0.15) is 0 Å². The Morgan fingerprint density at radius 3 is 2.57 bits per heavy atom. The number of nitrogens with zero attached hydrogens (tertiary/aromatic N) is 2. The van der Waals surface area contributed by atoms with Crippen LogP contribution in [0.1, 0.15) is 24.3 Å². The Morgan fingerprint density at radius 2 is 2.05 bits per heavy atom. The zero-order valence-electron chi connectivity index (χ0n) is 12.5. The first-order valence-corrected chi connectivity index (χ1v) is 8.60. The van der Waals surface area contributed by atoms with Crippen LogP contribution in [0.2, 0.25) is 0 Å². The van der Waals surface area contributed by atoms with Crippen molar-refractivity contribution in [3.05, 3.63) is 28.0 Å². The van der Waals surface area contributed by atoms with Crippen LogP contribution < -0.4 is 0 Å². The van der Waals surface area contributed by atoms with E-state index in [-0.39, 0.29) is 12.6 Å². The molecule has 0 spiro atoms. The number of hydrogen-bond acceptors (Lipinski definition) is 4. The highest BCUT2D eigenvalue weighted by molar-refractivity contribution is 7.86. The van der Waals surface area contributed by atoms with Crippen LogP contribution in [0.15, 0.2) is 17.5 Å². The van der Waals surface area contributed by atoms with Crippen LogP contribution in [0.3, 0.4) is 0 Å². The standard InChI is InChI=1S/C13H20N2O4S2/c1-10(2)15(4)21(18,19)14(3)8-11-7-12(20-9-11)5-6-13(16)17/h5-7,9-10H,8H2,1-4H3,(H,16,17). The van der Waals surface area contributed by atoms with Crippen molar-refractivity contribution in [2.45, 2.75) is 26.4 Å². The fourth-order valence-electron chi connectivity index (χ4n) is 1.54.